The number of halogens is 1. The molecule has 1 amide bonds. The van der Waals surface area contributed by atoms with Gasteiger partial charge in [0.1, 0.15) is 5.82 Å². The van der Waals surface area contributed by atoms with Crippen LogP contribution in [0.4, 0.5) is 4.39 Å². The molecule has 0 aliphatic rings. The van der Waals surface area contributed by atoms with Gasteiger partial charge in [0.05, 0.1) is 5.52 Å². The minimum atomic E-state index is -0.315. The van der Waals surface area contributed by atoms with Crippen molar-refractivity contribution in [1.29, 1.82) is 0 Å². The number of fused-ring (bicyclic) bond motifs is 1. The number of carbonyl (C=O) groups is 1. The van der Waals surface area contributed by atoms with Crippen LogP contribution < -0.4 is 5.32 Å². The van der Waals surface area contributed by atoms with Gasteiger partial charge >= 0.3 is 0 Å². The van der Waals surface area contributed by atoms with E-state index in [0.29, 0.717) is 11.3 Å². The number of hydrogen-bond donors (Lipinski definition) is 1. The van der Waals surface area contributed by atoms with Gasteiger partial charge in [-0.1, -0.05) is 18.2 Å². The maximum atomic E-state index is 13.0. The molecule has 0 unspecified atom stereocenters. The van der Waals surface area contributed by atoms with Crippen molar-refractivity contribution in [3.8, 4) is 0 Å². The van der Waals surface area contributed by atoms with Crippen LogP contribution in [0.5, 0.6) is 0 Å². The second-order valence-electron chi connectivity index (χ2n) is 4.41. The maximum absolute atomic E-state index is 13.0. The molecule has 0 saturated heterocycles. The summed E-state index contributed by atoms with van der Waals surface area (Å²) in [6.07, 6.45) is 1.78. The van der Waals surface area contributed by atoms with Gasteiger partial charge in [0.15, 0.2) is 5.69 Å². The molecule has 3 rings (SSSR count). The highest BCUT2D eigenvalue weighted by Gasteiger charge is 2.10. The number of benzene rings is 1. The standard InChI is InChI=1S/C15H12FN3O/c16-12-5-3-4-11(8-12)10-17-15(20)14-9-13-6-1-2-7-19(13)18-14/h1-9H,10H2,(H,17,20). The van der Waals surface area contributed by atoms with Gasteiger partial charge < -0.3 is 5.32 Å². The second kappa shape index (κ2) is 5.13. The van der Waals surface area contributed by atoms with E-state index in [-0.39, 0.29) is 18.3 Å². The third kappa shape index (κ3) is 2.51. The number of carbonyl (C=O) groups excluding carboxylic acids is 1. The normalized spacial score (nSPS) is 10.7. The van der Waals surface area contributed by atoms with Gasteiger partial charge in [-0.2, -0.15) is 5.10 Å². The molecular formula is C15H12FN3O. The zero-order valence-corrected chi connectivity index (χ0v) is 10.6. The highest BCUT2D eigenvalue weighted by Crippen LogP contribution is 2.07. The molecule has 100 valence electrons. The van der Waals surface area contributed by atoms with Crippen molar-refractivity contribution in [2.45, 2.75) is 6.54 Å². The minimum Gasteiger partial charge on any atom is -0.347 e. The molecule has 0 saturated carbocycles. The summed E-state index contributed by atoms with van der Waals surface area (Å²) in [5.74, 6) is -0.595. The van der Waals surface area contributed by atoms with Crippen molar-refractivity contribution in [3.05, 3.63) is 71.8 Å². The Morgan fingerprint density at radius 3 is 2.90 bits per heavy atom. The van der Waals surface area contributed by atoms with Crippen LogP contribution in [0, 0.1) is 5.82 Å². The predicted molar refractivity (Wildman–Crippen MR) is 72.8 cm³/mol. The van der Waals surface area contributed by atoms with Gasteiger partial charge in [0, 0.05) is 12.7 Å². The lowest BCUT2D eigenvalue weighted by Gasteiger charge is -2.03. The van der Waals surface area contributed by atoms with Crippen molar-refractivity contribution in [3.63, 3.8) is 0 Å². The Labute approximate surface area is 114 Å². The Balaban J connectivity index is 1.73. The van der Waals surface area contributed by atoms with Crippen LogP contribution in [0.3, 0.4) is 0 Å². The van der Waals surface area contributed by atoms with Gasteiger partial charge in [-0.25, -0.2) is 8.91 Å². The molecule has 20 heavy (non-hydrogen) atoms. The lowest BCUT2D eigenvalue weighted by atomic mass is 10.2. The zero-order chi connectivity index (χ0) is 13.9. The van der Waals surface area contributed by atoms with E-state index in [1.165, 1.54) is 12.1 Å². The Morgan fingerprint density at radius 1 is 1.20 bits per heavy atom. The van der Waals surface area contributed by atoms with E-state index in [9.17, 15) is 9.18 Å². The summed E-state index contributed by atoms with van der Waals surface area (Å²) in [5, 5.41) is 6.90. The summed E-state index contributed by atoms with van der Waals surface area (Å²) in [6.45, 7) is 0.268. The maximum Gasteiger partial charge on any atom is 0.272 e. The van der Waals surface area contributed by atoms with Gasteiger partial charge in [-0.3, -0.25) is 4.79 Å². The van der Waals surface area contributed by atoms with Gasteiger partial charge in [-0.05, 0) is 35.9 Å². The molecule has 2 heterocycles. The van der Waals surface area contributed by atoms with Crippen molar-refractivity contribution >= 4 is 11.4 Å². The molecule has 5 heteroatoms. The molecule has 3 aromatic rings. The third-order valence-corrected chi connectivity index (χ3v) is 2.94. The first-order valence-corrected chi connectivity index (χ1v) is 6.19. The average molecular weight is 269 g/mol. The summed E-state index contributed by atoms with van der Waals surface area (Å²) >= 11 is 0. The molecule has 0 atom stereocenters. The lowest BCUT2D eigenvalue weighted by molar-refractivity contribution is 0.0945. The molecule has 2 aromatic heterocycles. The van der Waals surface area contributed by atoms with Gasteiger partial charge in [-0.15, -0.1) is 0 Å². The number of rotatable bonds is 3. The summed E-state index contributed by atoms with van der Waals surface area (Å²) < 4.78 is 14.7. The van der Waals surface area contributed by atoms with E-state index in [1.807, 2.05) is 18.2 Å². The molecule has 0 bridgehead atoms. The average Bonchev–Trinajstić information content (AvgIpc) is 2.89. The van der Waals surface area contributed by atoms with Crippen LogP contribution >= 0.6 is 0 Å². The highest BCUT2D eigenvalue weighted by molar-refractivity contribution is 5.93. The van der Waals surface area contributed by atoms with E-state index >= 15 is 0 Å². The first-order valence-electron chi connectivity index (χ1n) is 6.19. The van der Waals surface area contributed by atoms with Crippen molar-refractivity contribution in [2.24, 2.45) is 0 Å². The quantitative estimate of drug-likeness (QED) is 0.793. The highest BCUT2D eigenvalue weighted by atomic mass is 19.1. The molecule has 1 N–H and O–H groups in total. The first-order chi connectivity index (χ1) is 9.72. The number of pyridine rings is 1. The fraction of sp³-hybridized carbons (Fsp3) is 0.0667. The Morgan fingerprint density at radius 2 is 2.10 bits per heavy atom. The van der Waals surface area contributed by atoms with Crippen LogP contribution in [0.1, 0.15) is 16.1 Å². The summed E-state index contributed by atoms with van der Waals surface area (Å²) in [7, 11) is 0. The monoisotopic (exact) mass is 269 g/mol. The number of nitrogens with zero attached hydrogens (tertiary/aromatic N) is 2. The van der Waals surface area contributed by atoms with Crippen LogP contribution in [0.15, 0.2) is 54.7 Å². The van der Waals surface area contributed by atoms with Crippen LogP contribution in [0.2, 0.25) is 0 Å². The zero-order valence-electron chi connectivity index (χ0n) is 10.6. The number of nitrogens with one attached hydrogen (secondary N) is 1. The first kappa shape index (κ1) is 12.3. The SMILES string of the molecule is O=C(NCc1cccc(F)c1)c1cc2ccccn2n1. The topological polar surface area (TPSA) is 46.4 Å². The molecule has 4 nitrogen and oxygen atoms in total. The summed E-state index contributed by atoms with van der Waals surface area (Å²) in [6, 6.07) is 13.4. The van der Waals surface area contributed by atoms with E-state index in [1.54, 1.807) is 28.9 Å². The summed E-state index contributed by atoms with van der Waals surface area (Å²) in [4.78, 5) is 12.0. The fourth-order valence-electron chi connectivity index (χ4n) is 1.97. The Bertz CT molecular complexity index is 733. The molecule has 0 fully saturated rings. The van der Waals surface area contributed by atoms with Gasteiger partial charge in [0.2, 0.25) is 0 Å². The van der Waals surface area contributed by atoms with E-state index in [2.05, 4.69) is 10.4 Å². The molecular weight excluding hydrogens is 257 g/mol. The Hall–Kier alpha value is -2.69. The summed E-state index contributed by atoms with van der Waals surface area (Å²) in [5.41, 5.74) is 1.90. The Kier molecular flexibility index (Phi) is 3.16. The smallest absolute Gasteiger partial charge is 0.272 e. The molecule has 1 aromatic carbocycles. The molecule has 0 spiro atoms. The largest absolute Gasteiger partial charge is 0.347 e. The number of amides is 1. The van der Waals surface area contributed by atoms with Crippen LogP contribution in [0.25, 0.3) is 5.52 Å². The van der Waals surface area contributed by atoms with Crippen molar-refractivity contribution < 1.29 is 9.18 Å². The van der Waals surface area contributed by atoms with Gasteiger partial charge in [0.25, 0.3) is 5.91 Å². The van der Waals surface area contributed by atoms with Crippen LogP contribution in [-0.2, 0) is 6.54 Å². The fourth-order valence-corrected chi connectivity index (χ4v) is 1.97. The van der Waals surface area contributed by atoms with E-state index in [4.69, 9.17) is 0 Å². The predicted octanol–water partition coefficient (Wildman–Crippen LogP) is 2.40. The molecule has 0 aliphatic heterocycles. The van der Waals surface area contributed by atoms with E-state index < -0.39 is 0 Å². The number of aromatic nitrogens is 2. The van der Waals surface area contributed by atoms with Crippen molar-refractivity contribution in [2.75, 3.05) is 0 Å². The van der Waals surface area contributed by atoms with Crippen molar-refractivity contribution in [1.82, 2.24) is 14.9 Å². The number of hydrogen-bond acceptors (Lipinski definition) is 2. The lowest BCUT2D eigenvalue weighted by Crippen LogP contribution is -2.23. The third-order valence-electron chi connectivity index (χ3n) is 2.94. The minimum absolute atomic E-state index is 0.268. The van der Waals surface area contributed by atoms with E-state index in [0.717, 1.165) is 5.52 Å². The molecule has 0 radical (unpaired) electrons. The second-order valence-corrected chi connectivity index (χ2v) is 4.41. The molecule has 0 aliphatic carbocycles. The van der Waals surface area contributed by atoms with Crippen LogP contribution in [-0.4, -0.2) is 15.5 Å².